The lowest BCUT2D eigenvalue weighted by molar-refractivity contribution is 0.414. The molecule has 0 saturated heterocycles. The Labute approximate surface area is 163 Å². The molecule has 2 aromatic rings. The normalized spacial score (nSPS) is 10.4. The summed E-state index contributed by atoms with van der Waals surface area (Å²) in [5.41, 5.74) is 1.91. The van der Waals surface area contributed by atoms with Gasteiger partial charge in [0.1, 0.15) is 11.6 Å². The molecule has 0 bridgehead atoms. The number of hydrogen-bond donors (Lipinski definition) is 2. The van der Waals surface area contributed by atoms with E-state index in [1.807, 2.05) is 30.3 Å². The predicted molar refractivity (Wildman–Crippen MR) is 107 cm³/mol. The highest BCUT2D eigenvalue weighted by molar-refractivity contribution is 14.0. The third-order valence-electron chi connectivity index (χ3n) is 3.46. The highest BCUT2D eigenvalue weighted by Crippen LogP contribution is 2.11. The number of aliphatic imine (C=N–C) groups is 1. The van der Waals surface area contributed by atoms with Gasteiger partial charge < -0.3 is 15.4 Å². The largest absolute Gasteiger partial charge is 0.497 e. The van der Waals surface area contributed by atoms with Gasteiger partial charge in [0, 0.05) is 25.7 Å². The van der Waals surface area contributed by atoms with Gasteiger partial charge in [0.05, 0.1) is 18.7 Å². The molecule has 0 fully saturated rings. The van der Waals surface area contributed by atoms with Crippen molar-refractivity contribution in [1.29, 1.82) is 5.26 Å². The number of ether oxygens (including phenoxy) is 1. The van der Waals surface area contributed by atoms with E-state index in [1.54, 1.807) is 14.2 Å². The number of guanidine groups is 1. The summed E-state index contributed by atoms with van der Waals surface area (Å²) in [6.07, 6.45) is 0. The van der Waals surface area contributed by atoms with Gasteiger partial charge in [-0.15, -0.1) is 24.0 Å². The molecule has 0 amide bonds. The first-order valence-electron chi connectivity index (χ1n) is 7.42. The van der Waals surface area contributed by atoms with Crippen LogP contribution >= 0.6 is 24.0 Å². The number of rotatable bonds is 5. The van der Waals surface area contributed by atoms with Crippen molar-refractivity contribution in [2.45, 2.75) is 13.1 Å². The van der Waals surface area contributed by atoms with Crippen molar-refractivity contribution in [3.8, 4) is 11.8 Å². The topological polar surface area (TPSA) is 69.4 Å². The number of hydrogen-bond acceptors (Lipinski definition) is 3. The van der Waals surface area contributed by atoms with E-state index >= 15 is 0 Å². The summed E-state index contributed by atoms with van der Waals surface area (Å²) in [6, 6.07) is 14.0. The third-order valence-corrected chi connectivity index (χ3v) is 3.46. The third kappa shape index (κ3) is 6.23. The van der Waals surface area contributed by atoms with Gasteiger partial charge >= 0.3 is 0 Å². The van der Waals surface area contributed by atoms with Crippen molar-refractivity contribution < 1.29 is 9.13 Å². The first kappa shape index (κ1) is 20.7. The van der Waals surface area contributed by atoms with E-state index < -0.39 is 0 Å². The molecular formula is C18H20FIN4O. The van der Waals surface area contributed by atoms with Crippen LogP contribution in [0, 0.1) is 17.1 Å². The van der Waals surface area contributed by atoms with Crippen LogP contribution in [0.3, 0.4) is 0 Å². The Bertz CT molecular complexity index is 757. The number of nitriles is 1. The molecule has 0 spiro atoms. The zero-order chi connectivity index (χ0) is 17.4. The van der Waals surface area contributed by atoms with E-state index in [-0.39, 0.29) is 36.3 Å². The van der Waals surface area contributed by atoms with Crippen LogP contribution in [0.1, 0.15) is 16.7 Å². The lowest BCUT2D eigenvalue weighted by atomic mass is 10.1. The first-order chi connectivity index (χ1) is 11.7. The van der Waals surface area contributed by atoms with E-state index in [2.05, 4.69) is 15.6 Å². The van der Waals surface area contributed by atoms with Crippen molar-refractivity contribution in [2.24, 2.45) is 4.99 Å². The molecule has 7 heteroatoms. The Hall–Kier alpha value is -2.34. The smallest absolute Gasteiger partial charge is 0.191 e. The van der Waals surface area contributed by atoms with Crippen LogP contribution in [-0.2, 0) is 13.1 Å². The van der Waals surface area contributed by atoms with E-state index in [0.29, 0.717) is 23.6 Å². The number of nitrogens with zero attached hydrogens (tertiary/aromatic N) is 2. The quantitative estimate of drug-likeness (QED) is 0.414. The van der Waals surface area contributed by atoms with Gasteiger partial charge in [-0.1, -0.05) is 12.1 Å². The zero-order valence-corrected chi connectivity index (χ0v) is 16.4. The molecule has 0 atom stereocenters. The summed E-state index contributed by atoms with van der Waals surface area (Å²) in [4.78, 5) is 4.11. The van der Waals surface area contributed by atoms with E-state index in [9.17, 15) is 4.39 Å². The summed E-state index contributed by atoms with van der Waals surface area (Å²) in [5.74, 6) is 0.994. The predicted octanol–water partition coefficient (Wildman–Crippen LogP) is 3.19. The molecule has 0 aliphatic carbocycles. The van der Waals surface area contributed by atoms with Crippen LogP contribution in [0.4, 0.5) is 4.39 Å². The summed E-state index contributed by atoms with van der Waals surface area (Å²) < 4.78 is 18.9. The number of methoxy groups -OCH3 is 1. The number of benzene rings is 2. The van der Waals surface area contributed by atoms with Crippen molar-refractivity contribution >= 4 is 29.9 Å². The molecule has 5 nitrogen and oxygen atoms in total. The van der Waals surface area contributed by atoms with E-state index in [4.69, 9.17) is 10.00 Å². The molecule has 0 aromatic heterocycles. The van der Waals surface area contributed by atoms with Gasteiger partial charge in [0.15, 0.2) is 5.96 Å². The Balaban J connectivity index is 0.00000312. The van der Waals surface area contributed by atoms with E-state index in [0.717, 1.165) is 11.3 Å². The lowest BCUT2D eigenvalue weighted by Gasteiger charge is -2.13. The Kier molecular flexibility index (Phi) is 8.70. The minimum absolute atomic E-state index is 0. The maximum Gasteiger partial charge on any atom is 0.191 e. The fourth-order valence-electron chi connectivity index (χ4n) is 2.11. The van der Waals surface area contributed by atoms with Crippen LogP contribution in [0.25, 0.3) is 0 Å². The van der Waals surface area contributed by atoms with Crippen LogP contribution in [0.15, 0.2) is 47.5 Å². The fourth-order valence-corrected chi connectivity index (χ4v) is 2.11. The maximum atomic E-state index is 13.8. The molecule has 0 heterocycles. The fraction of sp³-hybridized carbons (Fsp3) is 0.222. The monoisotopic (exact) mass is 454 g/mol. The Morgan fingerprint density at radius 1 is 1.16 bits per heavy atom. The summed E-state index contributed by atoms with van der Waals surface area (Å²) in [7, 11) is 3.27. The minimum Gasteiger partial charge on any atom is -0.497 e. The Morgan fingerprint density at radius 3 is 2.44 bits per heavy atom. The van der Waals surface area contributed by atoms with Crippen LogP contribution in [0.2, 0.25) is 0 Å². The Morgan fingerprint density at radius 2 is 1.84 bits per heavy atom. The van der Waals surface area contributed by atoms with Crippen molar-refractivity contribution in [3.63, 3.8) is 0 Å². The number of halogens is 2. The second kappa shape index (κ2) is 10.5. The molecule has 0 aliphatic heterocycles. The molecule has 0 aliphatic rings. The highest BCUT2D eigenvalue weighted by Gasteiger charge is 2.05. The van der Waals surface area contributed by atoms with Crippen molar-refractivity contribution in [1.82, 2.24) is 10.6 Å². The molecule has 2 N–H and O–H groups in total. The second-order valence-electron chi connectivity index (χ2n) is 5.05. The van der Waals surface area contributed by atoms with Gasteiger partial charge in [0.2, 0.25) is 0 Å². The molecule has 2 rings (SSSR count). The van der Waals surface area contributed by atoms with Crippen LogP contribution < -0.4 is 15.4 Å². The van der Waals surface area contributed by atoms with Crippen LogP contribution in [-0.4, -0.2) is 20.1 Å². The first-order valence-corrected chi connectivity index (χ1v) is 7.42. The summed E-state index contributed by atoms with van der Waals surface area (Å²) >= 11 is 0. The molecule has 0 saturated carbocycles. The lowest BCUT2D eigenvalue weighted by Crippen LogP contribution is -2.36. The summed E-state index contributed by atoms with van der Waals surface area (Å²) in [6.45, 7) is 0.814. The van der Waals surface area contributed by atoms with E-state index in [1.165, 1.54) is 18.2 Å². The van der Waals surface area contributed by atoms with Crippen molar-refractivity contribution in [2.75, 3.05) is 14.2 Å². The van der Waals surface area contributed by atoms with Gasteiger partial charge in [-0.3, -0.25) is 4.99 Å². The van der Waals surface area contributed by atoms with Crippen molar-refractivity contribution in [3.05, 3.63) is 65.0 Å². The molecular weight excluding hydrogens is 434 g/mol. The molecule has 0 unspecified atom stereocenters. The maximum absolute atomic E-state index is 13.8. The minimum atomic E-state index is -0.355. The van der Waals surface area contributed by atoms with Gasteiger partial charge in [-0.25, -0.2) is 4.39 Å². The molecule has 0 radical (unpaired) electrons. The zero-order valence-electron chi connectivity index (χ0n) is 14.0. The molecule has 132 valence electrons. The number of nitrogens with one attached hydrogen (secondary N) is 2. The van der Waals surface area contributed by atoms with Gasteiger partial charge in [0.25, 0.3) is 0 Å². The van der Waals surface area contributed by atoms with Crippen LogP contribution in [0.5, 0.6) is 5.75 Å². The molecule has 25 heavy (non-hydrogen) atoms. The average Bonchev–Trinajstić information content (AvgIpc) is 2.63. The second-order valence-corrected chi connectivity index (χ2v) is 5.05. The summed E-state index contributed by atoms with van der Waals surface area (Å²) in [5, 5.41) is 15.1. The highest BCUT2D eigenvalue weighted by atomic mass is 127. The SMILES string of the molecule is CN=C(NCc1ccc(OC)cc1)NCc1cc(C#N)ccc1F.I. The van der Waals surface area contributed by atoms with Gasteiger partial charge in [-0.2, -0.15) is 5.26 Å². The van der Waals surface area contributed by atoms with Gasteiger partial charge in [-0.05, 0) is 35.9 Å². The molecule has 2 aromatic carbocycles. The standard InChI is InChI=1S/C18H19FN4O.HI/c1-21-18(22-11-13-3-6-16(24-2)7-4-13)23-12-15-9-14(10-20)5-8-17(15)19;/h3-9H,11-12H2,1-2H3,(H2,21,22,23);1H. The average molecular weight is 454 g/mol.